The van der Waals surface area contributed by atoms with Gasteiger partial charge in [-0.3, -0.25) is 14.8 Å². The molecule has 0 aliphatic carbocycles. The van der Waals surface area contributed by atoms with Crippen LogP contribution in [0.25, 0.3) is 11.4 Å². The van der Waals surface area contributed by atoms with Gasteiger partial charge < -0.3 is 5.11 Å². The Morgan fingerprint density at radius 2 is 1.89 bits per heavy atom. The van der Waals surface area contributed by atoms with Crippen molar-refractivity contribution < 1.29 is 9.90 Å². The van der Waals surface area contributed by atoms with Gasteiger partial charge in [0.05, 0.1) is 11.4 Å². The lowest BCUT2D eigenvalue weighted by Gasteiger charge is -1.99. The summed E-state index contributed by atoms with van der Waals surface area (Å²) in [4.78, 5) is 18.1. The fourth-order valence-electron chi connectivity index (χ4n) is 1.40. The van der Waals surface area contributed by atoms with Crippen molar-refractivity contribution >= 4 is 5.97 Å². The maximum Gasteiger partial charge on any atom is 0.303 e. The summed E-state index contributed by atoms with van der Waals surface area (Å²) in [6, 6.07) is 9.84. The number of aliphatic carboxylic acids is 1. The molecule has 4 nitrogen and oxygen atoms in total. The van der Waals surface area contributed by atoms with Gasteiger partial charge in [-0.2, -0.15) is 0 Å². The molecule has 0 atom stereocenters. The SMILES string of the molecule is CCCC(=O)O.Cc1ccnc(-c2ccccn2)c1. The van der Waals surface area contributed by atoms with Crippen molar-refractivity contribution in [3.8, 4) is 11.4 Å². The Balaban J connectivity index is 0.000000258. The summed E-state index contributed by atoms with van der Waals surface area (Å²) in [7, 11) is 0. The summed E-state index contributed by atoms with van der Waals surface area (Å²) in [5, 5.41) is 7.91. The summed E-state index contributed by atoms with van der Waals surface area (Å²) in [5.74, 6) is -0.711. The van der Waals surface area contributed by atoms with Crippen molar-refractivity contribution in [2.75, 3.05) is 0 Å². The van der Waals surface area contributed by atoms with E-state index in [9.17, 15) is 4.79 Å². The topological polar surface area (TPSA) is 63.1 Å². The average molecular weight is 258 g/mol. The van der Waals surface area contributed by atoms with Crippen LogP contribution in [-0.2, 0) is 4.79 Å². The summed E-state index contributed by atoms with van der Waals surface area (Å²) in [5.41, 5.74) is 3.06. The van der Waals surface area contributed by atoms with Crippen LogP contribution in [-0.4, -0.2) is 21.0 Å². The molecular formula is C15H18N2O2. The molecule has 0 bridgehead atoms. The summed E-state index contributed by atoms with van der Waals surface area (Å²) in [6.45, 7) is 3.89. The predicted octanol–water partition coefficient (Wildman–Crippen LogP) is 3.32. The Kier molecular flexibility index (Phi) is 6.22. The third kappa shape index (κ3) is 5.77. The van der Waals surface area contributed by atoms with Crippen LogP contribution < -0.4 is 0 Å². The number of hydrogen-bond acceptors (Lipinski definition) is 3. The van der Waals surface area contributed by atoms with Gasteiger partial charge in [0.2, 0.25) is 0 Å². The second kappa shape index (κ2) is 7.97. The molecule has 0 saturated carbocycles. The van der Waals surface area contributed by atoms with Crippen molar-refractivity contribution in [1.82, 2.24) is 9.97 Å². The summed E-state index contributed by atoms with van der Waals surface area (Å²) >= 11 is 0. The zero-order valence-corrected chi connectivity index (χ0v) is 11.2. The van der Waals surface area contributed by atoms with Gasteiger partial charge in [0.1, 0.15) is 0 Å². The number of aryl methyl sites for hydroxylation is 1. The summed E-state index contributed by atoms with van der Waals surface area (Å²) in [6.07, 6.45) is 4.61. The number of carboxylic acid groups (broad SMARTS) is 1. The van der Waals surface area contributed by atoms with Gasteiger partial charge >= 0.3 is 5.97 Å². The number of pyridine rings is 2. The Labute approximate surface area is 113 Å². The van der Waals surface area contributed by atoms with E-state index >= 15 is 0 Å². The minimum atomic E-state index is -0.711. The third-order valence-electron chi connectivity index (χ3n) is 2.31. The molecule has 4 heteroatoms. The molecule has 0 radical (unpaired) electrons. The molecule has 100 valence electrons. The second-order valence-electron chi connectivity index (χ2n) is 4.08. The number of hydrogen-bond donors (Lipinski definition) is 1. The molecule has 0 amide bonds. The van der Waals surface area contributed by atoms with E-state index in [0.29, 0.717) is 6.42 Å². The highest BCUT2D eigenvalue weighted by Gasteiger charge is 1.98. The fraction of sp³-hybridized carbons (Fsp3) is 0.267. The van der Waals surface area contributed by atoms with E-state index in [4.69, 9.17) is 5.11 Å². The molecule has 2 aromatic heterocycles. The van der Waals surface area contributed by atoms with Crippen LogP contribution in [0.5, 0.6) is 0 Å². The molecule has 0 saturated heterocycles. The van der Waals surface area contributed by atoms with Gasteiger partial charge in [-0.25, -0.2) is 0 Å². The van der Waals surface area contributed by atoms with Crippen molar-refractivity contribution in [3.63, 3.8) is 0 Å². The Morgan fingerprint density at radius 3 is 2.37 bits per heavy atom. The molecule has 2 aromatic rings. The molecule has 0 spiro atoms. The Bertz CT molecular complexity index is 513. The van der Waals surface area contributed by atoms with Crippen molar-refractivity contribution in [2.45, 2.75) is 26.7 Å². The van der Waals surface area contributed by atoms with Crippen LogP contribution in [0.3, 0.4) is 0 Å². The third-order valence-corrected chi connectivity index (χ3v) is 2.31. The van der Waals surface area contributed by atoms with E-state index in [-0.39, 0.29) is 0 Å². The van der Waals surface area contributed by atoms with E-state index in [1.807, 2.05) is 44.2 Å². The first-order valence-electron chi connectivity index (χ1n) is 6.19. The standard InChI is InChI=1S/C11H10N2.C4H8O2/c1-9-5-7-13-11(8-9)10-4-2-3-6-12-10;1-2-3-4(5)6/h2-8H,1H3;2-3H2,1H3,(H,5,6). The molecular weight excluding hydrogens is 240 g/mol. The van der Waals surface area contributed by atoms with Crippen LogP contribution in [0.15, 0.2) is 42.7 Å². The Hall–Kier alpha value is -2.23. The monoisotopic (exact) mass is 258 g/mol. The van der Waals surface area contributed by atoms with E-state index in [0.717, 1.165) is 17.8 Å². The van der Waals surface area contributed by atoms with Crippen LogP contribution in [0.2, 0.25) is 0 Å². The zero-order chi connectivity index (χ0) is 14.1. The summed E-state index contributed by atoms with van der Waals surface area (Å²) < 4.78 is 0. The molecule has 0 unspecified atom stereocenters. The predicted molar refractivity (Wildman–Crippen MR) is 74.7 cm³/mol. The number of carboxylic acids is 1. The number of nitrogens with zero attached hydrogens (tertiary/aromatic N) is 2. The first-order valence-corrected chi connectivity index (χ1v) is 6.19. The fourth-order valence-corrected chi connectivity index (χ4v) is 1.40. The number of carbonyl (C=O) groups is 1. The Morgan fingerprint density at radius 1 is 1.16 bits per heavy atom. The molecule has 2 heterocycles. The number of aromatic nitrogens is 2. The van der Waals surface area contributed by atoms with E-state index in [2.05, 4.69) is 9.97 Å². The smallest absolute Gasteiger partial charge is 0.303 e. The van der Waals surface area contributed by atoms with Crippen LogP contribution in [0.4, 0.5) is 0 Å². The zero-order valence-electron chi connectivity index (χ0n) is 11.2. The highest BCUT2D eigenvalue weighted by Crippen LogP contribution is 2.13. The lowest BCUT2D eigenvalue weighted by molar-refractivity contribution is -0.137. The second-order valence-corrected chi connectivity index (χ2v) is 4.08. The van der Waals surface area contributed by atoms with Crippen LogP contribution in [0, 0.1) is 6.92 Å². The normalized spacial score (nSPS) is 9.37. The minimum Gasteiger partial charge on any atom is -0.481 e. The van der Waals surface area contributed by atoms with Gasteiger partial charge in [-0.15, -0.1) is 0 Å². The quantitative estimate of drug-likeness (QED) is 0.917. The molecule has 1 N–H and O–H groups in total. The molecule has 0 aromatic carbocycles. The van der Waals surface area contributed by atoms with Gasteiger partial charge in [0, 0.05) is 18.8 Å². The van der Waals surface area contributed by atoms with Gasteiger partial charge in [0.25, 0.3) is 0 Å². The first-order chi connectivity index (χ1) is 9.13. The molecule has 0 aliphatic rings. The maximum absolute atomic E-state index is 9.60. The maximum atomic E-state index is 9.60. The van der Waals surface area contributed by atoms with Crippen molar-refractivity contribution in [1.29, 1.82) is 0 Å². The van der Waals surface area contributed by atoms with Gasteiger partial charge in [-0.1, -0.05) is 13.0 Å². The number of rotatable bonds is 3. The average Bonchev–Trinajstić information content (AvgIpc) is 2.40. The lowest BCUT2D eigenvalue weighted by Crippen LogP contribution is -1.90. The molecule has 2 rings (SSSR count). The van der Waals surface area contributed by atoms with Gasteiger partial charge in [0.15, 0.2) is 0 Å². The van der Waals surface area contributed by atoms with Crippen LogP contribution in [0.1, 0.15) is 25.3 Å². The van der Waals surface area contributed by atoms with E-state index < -0.39 is 5.97 Å². The van der Waals surface area contributed by atoms with Gasteiger partial charge in [-0.05, 0) is 43.2 Å². The largest absolute Gasteiger partial charge is 0.481 e. The lowest BCUT2D eigenvalue weighted by atomic mass is 10.2. The first kappa shape index (κ1) is 14.8. The highest BCUT2D eigenvalue weighted by atomic mass is 16.4. The molecule has 19 heavy (non-hydrogen) atoms. The van der Waals surface area contributed by atoms with Crippen molar-refractivity contribution in [2.24, 2.45) is 0 Å². The highest BCUT2D eigenvalue weighted by molar-refractivity contribution is 5.66. The van der Waals surface area contributed by atoms with Crippen LogP contribution >= 0.6 is 0 Å². The van der Waals surface area contributed by atoms with Crippen molar-refractivity contribution in [3.05, 3.63) is 48.3 Å². The van der Waals surface area contributed by atoms with E-state index in [1.165, 1.54) is 5.56 Å². The molecule has 0 fully saturated rings. The minimum absolute atomic E-state index is 0.292. The van der Waals surface area contributed by atoms with E-state index in [1.54, 1.807) is 12.4 Å². The molecule has 0 aliphatic heterocycles.